The monoisotopic (exact) mass is 322 g/mol. The summed E-state index contributed by atoms with van der Waals surface area (Å²) in [5.41, 5.74) is 1.30. The highest BCUT2D eigenvalue weighted by Gasteiger charge is 2.24. The predicted molar refractivity (Wildman–Crippen MR) is 94.6 cm³/mol. The van der Waals surface area contributed by atoms with Gasteiger partial charge in [0, 0.05) is 26.6 Å². The smallest absolute Gasteiger partial charge is 0.115 e. The van der Waals surface area contributed by atoms with Crippen LogP contribution in [0.25, 0.3) is 0 Å². The van der Waals surface area contributed by atoms with Crippen LogP contribution in [0.1, 0.15) is 68.0 Å². The number of nitrogens with zero attached hydrogens (tertiary/aromatic N) is 1. The van der Waals surface area contributed by atoms with Gasteiger partial charge >= 0.3 is 0 Å². The molecule has 0 aliphatic carbocycles. The highest BCUT2D eigenvalue weighted by atomic mass is 32.1. The van der Waals surface area contributed by atoms with Crippen molar-refractivity contribution in [1.29, 1.82) is 0 Å². The predicted octanol–water partition coefficient (Wildman–Crippen LogP) is 5.15. The van der Waals surface area contributed by atoms with Crippen molar-refractivity contribution >= 4 is 22.7 Å². The van der Waals surface area contributed by atoms with E-state index < -0.39 is 0 Å². The van der Waals surface area contributed by atoms with Crippen molar-refractivity contribution in [3.8, 4) is 0 Å². The molecule has 116 valence electrons. The lowest BCUT2D eigenvalue weighted by molar-refractivity contribution is 0.524. The summed E-state index contributed by atoms with van der Waals surface area (Å²) in [6.45, 7) is 13.3. The quantitative estimate of drug-likeness (QED) is 0.823. The molecule has 21 heavy (non-hydrogen) atoms. The fraction of sp³-hybridized carbons (Fsp3) is 0.588. The molecule has 1 N–H and O–H groups in total. The molecule has 2 aromatic rings. The summed E-state index contributed by atoms with van der Waals surface area (Å²) in [5, 5.41) is 7.06. The zero-order valence-electron chi connectivity index (χ0n) is 13.9. The molecule has 2 nitrogen and oxygen atoms in total. The molecule has 0 bridgehead atoms. The van der Waals surface area contributed by atoms with E-state index in [0.29, 0.717) is 6.04 Å². The van der Waals surface area contributed by atoms with Crippen LogP contribution < -0.4 is 5.32 Å². The average molecular weight is 323 g/mol. The van der Waals surface area contributed by atoms with E-state index in [4.69, 9.17) is 4.98 Å². The molecule has 0 saturated carbocycles. The Morgan fingerprint density at radius 1 is 1.24 bits per heavy atom. The molecule has 0 aliphatic heterocycles. The van der Waals surface area contributed by atoms with Crippen molar-refractivity contribution in [1.82, 2.24) is 10.3 Å². The van der Waals surface area contributed by atoms with Gasteiger partial charge in [-0.2, -0.15) is 0 Å². The van der Waals surface area contributed by atoms with Gasteiger partial charge in [0.15, 0.2) is 0 Å². The molecule has 2 heterocycles. The summed E-state index contributed by atoms with van der Waals surface area (Å²) in [4.78, 5) is 7.72. The Kier molecular flexibility index (Phi) is 5.23. The molecule has 2 aromatic heterocycles. The zero-order valence-corrected chi connectivity index (χ0v) is 15.5. The molecule has 0 aromatic carbocycles. The van der Waals surface area contributed by atoms with E-state index >= 15 is 0 Å². The Morgan fingerprint density at radius 2 is 1.95 bits per heavy atom. The minimum absolute atomic E-state index is 0.112. The van der Waals surface area contributed by atoms with Crippen LogP contribution in [0.4, 0.5) is 0 Å². The Hall–Kier alpha value is -0.710. The Bertz CT molecular complexity index is 576. The third-order valence-corrected chi connectivity index (χ3v) is 5.56. The fourth-order valence-electron chi connectivity index (χ4n) is 2.11. The van der Waals surface area contributed by atoms with Crippen LogP contribution in [0.15, 0.2) is 17.5 Å². The average Bonchev–Trinajstić information content (AvgIpc) is 3.04. The number of rotatable bonds is 5. The molecule has 0 radical (unpaired) electrons. The maximum absolute atomic E-state index is 4.91. The van der Waals surface area contributed by atoms with Gasteiger partial charge in [0.1, 0.15) is 5.01 Å². The Morgan fingerprint density at radius 3 is 2.43 bits per heavy atom. The summed E-state index contributed by atoms with van der Waals surface area (Å²) >= 11 is 3.67. The number of thiazole rings is 1. The van der Waals surface area contributed by atoms with Crippen LogP contribution in [-0.4, -0.2) is 11.0 Å². The van der Waals surface area contributed by atoms with E-state index in [1.807, 2.05) is 11.3 Å². The Balaban J connectivity index is 2.33. The van der Waals surface area contributed by atoms with E-state index in [0.717, 1.165) is 6.42 Å². The lowest BCUT2D eigenvalue weighted by Crippen LogP contribution is -2.28. The zero-order chi connectivity index (χ0) is 15.6. The molecule has 0 amide bonds. The van der Waals surface area contributed by atoms with Crippen LogP contribution in [-0.2, 0) is 11.8 Å². The van der Waals surface area contributed by atoms with E-state index in [9.17, 15) is 0 Å². The fourth-order valence-corrected chi connectivity index (χ4v) is 4.32. The first-order valence-corrected chi connectivity index (χ1v) is 9.31. The third kappa shape index (κ3) is 4.15. The largest absolute Gasteiger partial charge is 0.301 e. The van der Waals surface area contributed by atoms with Crippen LogP contribution in [0.2, 0.25) is 0 Å². The molecule has 0 fully saturated rings. The number of thiophene rings is 1. The highest BCUT2D eigenvalue weighted by molar-refractivity contribution is 7.12. The van der Waals surface area contributed by atoms with Crippen molar-refractivity contribution < 1.29 is 0 Å². The van der Waals surface area contributed by atoms with Gasteiger partial charge in [-0.15, -0.1) is 22.7 Å². The van der Waals surface area contributed by atoms with Gasteiger partial charge in [0.2, 0.25) is 0 Å². The molecule has 2 rings (SSSR count). The summed E-state index contributed by atoms with van der Waals surface area (Å²) in [6.07, 6.45) is 1.10. The van der Waals surface area contributed by atoms with Gasteiger partial charge < -0.3 is 5.32 Å². The lowest BCUT2D eigenvalue weighted by atomic mass is 9.93. The summed E-state index contributed by atoms with van der Waals surface area (Å²) < 4.78 is 0. The minimum Gasteiger partial charge on any atom is -0.301 e. The van der Waals surface area contributed by atoms with E-state index in [1.54, 1.807) is 11.3 Å². The SMILES string of the molecule is CCc1ccc(C(NC(C)C)c2nc(C(C)(C)C)cs2)s1. The number of nitrogens with one attached hydrogen (secondary N) is 1. The van der Waals surface area contributed by atoms with Crippen molar-refractivity contribution in [3.05, 3.63) is 38.0 Å². The van der Waals surface area contributed by atoms with Crippen LogP contribution in [0.5, 0.6) is 0 Å². The second kappa shape index (κ2) is 6.59. The van der Waals surface area contributed by atoms with Gasteiger partial charge in [-0.25, -0.2) is 4.98 Å². The van der Waals surface area contributed by atoms with Crippen molar-refractivity contribution in [2.75, 3.05) is 0 Å². The first kappa shape index (κ1) is 16.7. The van der Waals surface area contributed by atoms with E-state index in [2.05, 4.69) is 64.4 Å². The normalized spacial score (nSPS) is 13.9. The molecular formula is C17H26N2S2. The minimum atomic E-state index is 0.112. The van der Waals surface area contributed by atoms with Crippen molar-refractivity contribution in [3.63, 3.8) is 0 Å². The molecule has 1 atom stereocenters. The van der Waals surface area contributed by atoms with Crippen molar-refractivity contribution in [2.45, 2.75) is 65.5 Å². The first-order valence-electron chi connectivity index (χ1n) is 7.61. The molecule has 1 unspecified atom stereocenters. The molecule has 4 heteroatoms. The first-order chi connectivity index (χ1) is 9.81. The third-order valence-electron chi connectivity index (χ3n) is 3.35. The Labute approximate surface area is 136 Å². The summed E-state index contributed by atoms with van der Waals surface area (Å²) in [5.74, 6) is 0. The second-order valence-corrected chi connectivity index (χ2v) is 8.82. The highest BCUT2D eigenvalue weighted by Crippen LogP contribution is 2.33. The van der Waals surface area contributed by atoms with E-state index in [1.165, 1.54) is 20.5 Å². The lowest BCUT2D eigenvalue weighted by Gasteiger charge is -2.19. The van der Waals surface area contributed by atoms with Gasteiger partial charge in [0.25, 0.3) is 0 Å². The second-order valence-electron chi connectivity index (χ2n) is 6.73. The van der Waals surface area contributed by atoms with E-state index in [-0.39, 0.29) is 11.5 Å². The number of hydrogen-bond donors (Lipinski definition) is 1. The molecule has 0 aliphatic rings. The number of hydrogen-bond acceptors (Lipinski definition) is 4. The number of aromatic nitrogens is 1. The number of aryl methyl sites for hydroxylation is 1. The summed E-state index contributed by atoms with van der Waals surface area (Å²) in [6, 6.07) is 5.15. The van der Waals surface area contributed by atoms with Gasteiger partial charge in [-0.3, -0.25) is 0 Å². The molecular weight excluding hydrogens is 296 g/mol. The molecule has 0 saturated heterocycles. The standard InChI is InChI=1S/C17H26N2S2/c1-7-12-8-9-13(21-12)15(18-11(2)3)16-19-14(10-20-16)17(4,5)6/h8-11,15,18H,7H2,1-6H3. The summed E-state index contributed by atoms with van der Waals surface area (Å²) in [7, 11) is 0. The van der Waals surface area contributed by atoms with Crippen molar-refractivity contribution in [2.24, 2.45) is 0 Å². The topological polar surface area (TPSA) is 24.9 Å². The van der Waals surface area contributed by atoms with Crippen LogP contribution in [0.3, 0.4) is 0 Å². The van der Waals surface area contributed by atoms with Gasteiger partial charge in [0.05, 0.1) is 11.7 Å². The van der Waals surface area contributed by atoms with Gasteiger partial charge in [-0.05, 0) is 32.4 Å². The maximum atomic E-state index is 4.91. The van der Waals surface area contributed by atoms with Crippen LogP contribution in [0, 0.1) is 0 Å². The van der Waals surface area contributed by atoms with Crippen LogP contribution >= 0.6 is 22.7 Å². The molecule has 0 spiro atoms. The van der Waals surface area contributed by atoms with Gasteiger partial charge in [-0.1, -0.05) is 27.7 Å². The maximum Gasteiger partial charge on any atom is 0.115 e.